The summed E-state index contributed by atoms with van der Waals surface area (Å²) in [5.74, 6) is -1.26. The molecule has 0 spiro atoms. The summed E-state index contributed by atoms with van der Waals surface area (Å²) in [5.41, 5.74) is 0.119. The van der Waals surface area contributed by atoms with Crippen LogP contribution in [-0.4, -0.2) is 7.11 Å². The lowest BCUT2D eigenvalue weighted by Crippen LogP contribution is -1.98. The molecule has 74 valence electrons. The lowest BCUT2D eigenvalue weighted by atomic mass is 10.1. The Labute approximate surface area is 80.7 Å². The summed E-state index contributed by atoms with van der Waals surface area (Å²) in [6.07, 6.45) is 0.292. The van der Waals surface area contributed by atoms with Gasteiger partial charge in [-0.15, -0.1) is 0 Å². The fraction of sp³-hybridized carbons (Fsp3) is 0.300. The van der Waals surface area contributed by atoms with E-state index in [-0.39, 0.29) is 24.2 Å². The van der Waals surface area contributed by atoms with Gasteiger partial charge in [-0.3, -0.25) is 0 Å². The Morgan fingerprint density at radius 2 is 2.00 bits per heavy atom. The minimum atomic E-state index is -0.609. The van der Waals surface area contributed by atoms with Crippen molar-refractivity contribution < 1.29 is 13.5 Å². The number of halogens is 2. The molecule has 0 saturated heterocycles. The number of hydrogen-bond donors (Lipinski definition) is 0. The summed E-state index contributed by atoms with van der Waals surface area (Å²) in [6, 6.07) is 3.91. The zero-order chi connectivity index (χ0) is 10.6. The highest BCUT2D eigenvalue weighted by Gasteiger charge is 2.13. The van der Waals surface area contributed by atoms with Crippen LogP contribution in [0.2, 0.25) is 0 Å². The molecule has 0 N–H and O–H groups in total. The van der Waals surface area contributed by atoms with E-state index in [1.807, 2.05) is 6.07 Å². The Balaban J connectivity index is 3.10. The van der Waals surface area contributed by atoms with Gasteiger partial charge in [-0.2, -0.15) is 5.26 Å². The number of nitriles is 1. The molecule has 0 amide bonds. The van der Waals surface area contributed by atoms with Gasteiger partial charge in [0, 0.05) is 12.0 Å². The summed E-state index contributed by atoms with van der Waals surface area (Å²) in [4.78, 5) is 0. The standard InChI is InChI=1S/C10H9F2NO/c1-14-10-7(3-2-6-13)8(11)4-5-9(10)12/h4-5H,2-3H2,1H3. The van der Waals surface area contributed by atoms with Gasteiger partial charge in [0.25, 0.3) is 0 Å². The Morgan fingerprint density at radius 3 is 2.57 bits per heavy atom. The van der Waals surface area contributed by atoms with Crippen molar-refractivity contribution in [2.75, 3.05) is 7.11 Å². The topological polar surface area (TPSA) is 33.0 Å². The fourth-order valence-electron chi connectivity index (χ4n) is 1.21. The van der Waals surface area contributed by atoms with E-state index in [1.54, 1.807) is 0 Å². The highest BCUT2D eigenvalue weighted by atomic mass is 19.1. The average molecular weight is 197 g/mol. The summed E-state index contributed by atoms with van der Waals surface area (Å²) in [6.45, 7) is 0. The maximum atomic E-state index is 13.2. The summed E-state index contributed by atoms with van der Waals surface area (Å²) in [5, 5.41) is 8.34. The largest absolute Gasteiger partial charge is 0.493 e. The maximum absolute atomic E-state index is 13.2. The van der Waals surface area contributed by atoms with Gasteiger partial charge in [-0.05, 0) is 18.6 Å². The van der Waals surface area contributed by atoms with Crippen molar-refractivity contribution in [1.29, 1.82) is 5.26 Å². The van der Waals surface area contributed by atoms with Crippen LogP contribution in [0.3, 0.4) is 0 Å². The van der Waals surface area contributed by atoms with Gasteiger partial charge in [-0.25, -0.2) is 8.78 Å². The van der Waals surface area contributed by atoms with Crippen molar-refractivity contribution in [3.8, 4) is 11.8 Å². The van der Waals surface area contributed by atoms with Gasteiger partial charge >= 0.3 is 0 Å². The first-order chi connectivity index (χ1) is 6.70. The molecular formula is C10H9F2NO. The van der Waals surface area contributed by atoms with Gasteiger partial charge in [0.2, 0.25) is 0 Å². The van der Waals surface area contributed by atoms with E-state index in [2.05, 4.69) is 0 Å². The van der Waals surface area contributed by atoms with Crippen molar-refractivity contribution in [2.45, 2.75) is 12.8 Å². The molecule has 1 rings (SSSR count). The van der Waals surface area contributed by atoms with Crippen molar-refractivity contribution in [1.82, 2.24) is 0 Å². The van der Waals surface area contributed by atoms with Crippen molar-refractivity contribution in [2.24, 2.45) is 0 Å². The molecule has 2 nitrogen and oxygen atoms in total. The average Bonchev–Trinajstić information content (AvgIpc) is 2.19. The van der Waals surface area contributed by atoms with Crippen molar-refractivity contribution in [3.05, 3.63) is 29.3 Å². The zero-order valence-electron chi connectivity index (χ0n) is 7.68. The number of ether oxygens (including phenoxy) is 1. The first-order valence-electron chi connectivity index (χ1n) is 4.08. The van der Waals surface area contributed by atoms with Crippen LogP contribution in [0, 0.1) is 23.0 Å². The lowest BCUT2D eigenvalue weighted by Gasteiger charge is -2.08. The zero-order valence-corrected chi connectivity index (χ0v) is 7.68. The second-order valence-electron chi connectivity index (χ2n) is 2.70. The van der Waals surface area contributed by atoms with Gasteiger partial charge in [0.1, 0.15) is 5.82 Å². The third-order valence-corrected chi connectivity index (χ3v) is 1.85. The molecule has 1 aromatic rings. The number of rotatable bonds is 3. The molecule has 0 aromatic heterocycles. The van der Waals surface area contributed by atoms with Crippen molar-refractivity contribution >= 4 is 0 Å². The van der Waals surface area contributed by atoms with Crippen LogP contribution in [0.1, 0.15) is 12.0 Å². The molecule has 0 heterocycles. The molecule has 0 aliphatic carbocycles. The minimum Gasteiger partial charge on any atom is -0.493 e. The molecule has 14 heavy (non-hydrogen) atoms. The van der Waals surface area contributed by atoms with Crippen molar-refractivity contribution in [3.63, 3.8) is 0 Å². The van der Waals surface area contributed by atoms with E-state index in [9.17, 15) is 8.78 Å². The van der Waals surface area contributed by atoms with Gasteiger partial charge in [0.15, 0.2) is 11.6 Å². The van der Waals surface area contributed by atoms with E-state index in [4.69, 9.17) is 10.00 Å². The minimum absolute atomic E-state index is 0.111. The van der Waals surface area contributed by atoms with Crippen LogP contribution in [0.25, 0.3) is 0 Å². The Bertz CT molecular complexity index is 371. The first-order valence-corrected chi connectivity index (χ1v) is 4.08. The molecule has 0 aliphatic rings. The van der Waals surface area contributed by atoms with Gasteiger partial charge < -0.3 is 4.74 Å². The summed E-state index contributed by atoms with van der Waals surface area (Å²) >= 11 is 0. The number of benzene rings is 1. The van der Waals surface area contributed by atoms with E-state index in [0.717, 1.165) is 12.1 Å². The smallest absolute Gasteiger partial charge is 0.165 e. The second kappa shape index (κ2) is 4.56. The quantitative estimate of drug-likeness (QED) is 0.745. The second-order valence-corrected chi connectivity index (χ2v) is 2.70. The highest BCUT2D eigenvalue weighted by Crippen LogP contribution is 2.26. The Morgan fingerprint density at radius 1 is 1.36 bits per heavy atom. The molecule has 0 bridgehead atoms. The third kappa shape index (κ3) is 1.99. The molecule has 0 radical (unpaired) electrons. The molecular weight excluding hydrogens is 188 g/mol. The van der Waals surface area contributed by atoms with Crippen LogP contribution < -0.4 is 4.74 Å². The van der Waals surface area contributed by atoms with Crippen LogP contribution in [0.4, 0.5) is 8.78 Å². The van der Waals surface area contributed by atoms with Gasteiger partial charge in [-0.1, -0.05) is 0 Å². The molecule has 4 heteroatoms. The molecule has 0 fully saturated rings. The van der Waals surface area contributed by atoms with Crippen LogP contribution in [-0.2, 0) is 6.42 Å². The lowest BCUT2D eigenvalue weighted by molar-refractivity contribution is 0.376. The van der Waals surface area contributed by atoms with Gasteiger partial charge in [0.05, 0.1) is 13.2 Å². The van der Waals surface area contributed by atoms with Crippen LogP contribution in [0.15, 0.2) is 12.1 Å². The van der Waals surface area contributed by atoms with E-state index >= 15 is 0 Å². The summed E-state index contributed by atoms with van der Waals surface area (Å²) < 4.78 is 31.0. The number of methoxy groups -OCH3 is 1. The molecule has 0 saturated carbocycles. The predicted molar refractivity (Wildman–Crippen MR) is 46.8 cm³/mol. The maximum Gasteiger partial charge on any atom is 0.165 e. The van der Waals surface area contributed by atoms with Crippen LogP contribution in [0.5, 0.6) is 5.75 Å². The SMILES string of the molecule is COc1c(F)ccc(F)c1CCC#N. The first kappa shape index (κ1) is 10.5. The molecule has 0 unspecified atom stereocenters. The molecule has 0 aliphatic heterocycles. The molecule has 0 atom stereocenters. The van der Waals surface area contributed by atoms with E-state index < -0.39 is 11.6 Å². The Hall–Kier alpha value is -1.63. The van der Waals surface area contributed by atoms with Crippen LogP contribution >= 0.6 is 0 Å². The highest BCUT2D eigenvalue weighted by molar-refractivity contribution is 5.36. The molecule has 1 aromatic carbocycles. The normalized spacial score (nSPS) is 9.57. The monoisotopic (exact) mass is 197 g/mol. The number of hydrogen-bond acceptors (Lipinski definition) is 2. The Kier molecular flexibility index (Phi) is 3.41. The predicted octanol–water partition coefficient (Wildman–Crippen LogP) is 2.43. The van der Waals surface area contributed by atoms with E-state index in [0.29, 0.717) is 0 Å². The summed E-state index contributed by atoms with van der Waals surface area (Å²) in [7, 11) is 1.27. The number of nitrogens with zero attached hydrogens (tertiary/aromatic N) is 1. The third-order valence-electron chi connectivity index (χ3n) is 1.85. The fourth-order valence-corrected chi connectivity index (χ4v) is 1.21. The van der Waals surface area contributed by atoms with E-state index in [1.165, 1.54) is 7.11 Å².